The molecule has 0 unspecified atom stereocenters. The highest BCUT2D eigenvalue weighted by atomic mass is 19.3. The first-order valence-electron chi connectivity index (χ1n) is 7.48. The van der Waals surface area contributed by atoms with Crippen LogP contribution in [0.3, 0.4) is 0 Å². The van der Waals surface area contributed by atoms with E-state index in [1.165, 1.54) is 44.2 Å². The normalized spacial score (nSPS) is 16.0. The molecule has 2 rings (SSSR count). The van der Waals surface area contributed by atoms with Crippen molar-refractivity contribution in [1.82, 2.24) is 0 Å². The average molecular weight is 297 g/mol. The predicted octanol–water partition coefficient (Wildman–Crippen LogP) is 4.59. The van der Waals surface area contributed by atoms with Crippen LogP contribution in [-0.4, -0.2) is 12.5 Å². The highest BCUT2D eigenvalue weighted by Crippen LogP contribution is 2.27. The van der Waals surface area contributed by atoms with Crippen LogP contribution in [-0.2, 0) is 4.79 Å². The lowest BCUT2D eigenvalue weighted by Gasteiger charge is -2.21. The van der Waals surface area contributed by atoms with Crippen molar-refractivity contribution in [1.29, 1.82) is 0 Å². The molecule has 0 aliphatic heterocycles. The summed E-state index contributed by atoms with van der Waals surface area (Å²) in [6, 6.07) is 5.97. The Balaban J connectivity index is 1.74. The largest absolute Gasteiger partial charge is 0.435 e. The van der Waals surface area contributed by atoms with Gasteiger partial charge in [-0.3, -0.25) is 4.79 Å². The van der Waals surface area contributed by atoms with E-state index in [9.17, 15) is 13.6 Å². The molecule has 0 bridgehead atoms. The summed E-state index contributed by atoms with van der Waals surface area (Å²) in [6.45, 7) is -2.83. The second-order valence-corrected chi connectivity index (χ2v) is 5.49. The van der Waals surface area contributed by atoms with Crippen LogP contribution in [0.1, 0.15) is 44.9 Å². The fraction of sp³-hybridized carbons (Fsp3) is 0.562. The van der Waals surface area contributed by atoms with Crippen LogP contribution in [0.15, 0.2) is 24.3 Å². The molecule has 1 aromatic carbocycles. The van der Waals surface area contributed by atoms with Gasteiger partial charge in [0, 0.05) is 12.1 Å². The van der Waals surface area contributed by atoms with Gasteiger partial charge in [0.05, 0.1) is 0 Å². The molecule has 1 aliphatic carbocycles. The fourth-order valence-corrected chi connectivity index (χ4v) is 2.75. The van der Waals surface area contributed by atoms with E-state index in [0.29, 0.717) is 18.0 Å². The SMILES string of the molecule is O=C(CCC1CCCCC1)Nc1ccc(OC(F)F)cc1. The number of hydrogen-bond acceptors (Lipinski definition) is 2. The number of alkyl halides is 2. The molecule has 0 aromatic heterocycles. The van der Waals surface area contributed by atoms with Crippen molar-refractivity contribution < 1.29 is 18.3 Å². The lowest BCUT2D eigenvalue weighted by Crippen LogP contribution is -2.14. The van der Waals surface area contributed by atoms with Gasteiger partial charge in [0.25, 0.3) is 0 Å². The van der Waals surface area contributed by atoms with Crippen LogP contribution in [0.25, 0.3) is 0 Å². The third-order valence-corrected chi connectivity index (χ3v) is 3.87. The average Bonchev–Trinajstić information content (AvgIpc) is 2.48. The highest BCUT2D eigenvalue weighted by Gasteiger charge is 2.14. The molecule has 0 heterocycles. The Morgan fingerprint density at radius 2 is 1.86 bits per heavy atom. The predicted molar refractivity (Wildman–Crippen MR) is 77.5 cm³/mol. The van der Waals surface area contributed by atoms with Gasteiger partial charge < -0.3 is 10.1 Å². The standard InChI is InChI=1S/C16H21F2NO2/c17-16(18)21-14-9-7-13(8-10-14)19-15(20)11-6-12-4-2-1-3-5-12/h7-10,12,16H,1-6,11H2,(H,19,20). The summed E-state index contributed by atoms with van der Waals surface area (Å²) in [5.41, 5.74) is 0.602. The Kier molecular flexibility index (Phi) is 5.96. The van der Waals surface area contributed by atoms with Crippen LogP contribution in [0, 0.1) is 5.92 Å². The zero-order valence-electron chi connectivity index (χ0n) is 12.0. The second-order valence-electron chi connectivity index (χ2n) is 5.49. The van der Waals surface area contributed by atoms with Crippen molar-refractivity contribution in [3.8, 4) is 5.75 Å². The zero-order chi connectivity index (χ0) is 15.1. The van der Waals surface area contributed by atoms with Crippen molar-refractivity contribution in [3.05, 3.63) is 24.3 Å². The minimum absolute atomic E-state index is 0.0249. The summed E-state index contributed by atoms with van der Waals surface area (Å²) in [4.78, 5) is 11.9. The number of ether oxygens (including phenoxy) is 1. The number of amides is 1. The molecule has 116 valence electrons. The van der Waals surface area contributed by atoms with Gasteiger partial charge >= 0.3 is 6.61 Å². The molecule has 0 radical (unpaired) electrons. The quantitative estimate of drug-likeness (QED) is 0.834. The van der Waals surface area contributed by atoms with Gasteiger partial charge in [-0.05, 0) is 36.6 Å². The topological polar surface area (TPSA) is 38.3 Å². The maximum atomic E-state index is 12.0. The maximum Gasteiger partial charge on any atom is 0.387 e. The summed E-state index contributed by atoms with van der Waals surface area (Å²) in [5.74, 6) is 0.736. The number of halogens is 2. The van der Waals surface area contributed by atoms with Crippen molar-refractivity contribution in [2.75, 3.05) is 5.32 Å². The summed E-state index contributed by atoms with van der Waals surface area (Å²) < 4.78 is 28.3. The van der Waals surface area contributed by atoms with Gasteiger partial charge in [0.2, 0.25) is 5.91 Å². The van der Waals surface area contributed by atoms with Gasteiger partial charge in [-0.15, -0.1) is 0 Å². The van der Waals surface area contributed by atoms with Gasteiger partial charge in [-0.1, -0.05) is 32.1 Å². The number of rotatable bonds is 6. The first kappa shape index (κ1) is 15.7. The minimum atomic E-state index is -2.83. The highest BCUT2D eigenvalue weighted by molar-refractivity contribution is 5.90. The number of hydrogen-bond donors (Lipinski definition) is 1. The van der Waals surface area contributed by atoms with Crippen LogP contribution >= 0.6 is 0 Å². The van der Waals surface area contributed by atoms with Crippen LogP contribution in [0.4, 0.5) is 14.5 Å². The number of anilines is 1. The molecule has 21 heavy (non-hydrogen) atoms. The molecular weight excluding hydrogens is 276 g/mol. The van der Waals surface area contributed by atoms with Gasteiger partial charge in [-0.2, -0.15) is 8.78 Å². The van der Waals surface area contributed by atoms with Gasteiger partial charge in [0.1, 0.15) is 5.75 Å². The lowest BCUT2D eigenvalue weighted by molar-refractivity contribution is -0.116. The molecule has 1 aliphatic rings. The number of carbonyl (C=O) groups is 1. The van der Waals surface area contributed by atoms with E-state index in [4.69, 9.17) is 0 Å². The molecule has 1 aromatic rings. The first-order chi connectivity index (χ1) is 10.1. The summed E-state index contributed by atoms with van der Waals surface area (Å²) in [6.07, 6.45) is 7.77. The Morgan fingerprint density at radius 3 is 2.48 bits per heavy atom. The third-order valence-electron chi connectivity index (χ3n) is 3.87. The van der Waals surface area contributed by atoms with E-state index in [-0.39, 0.29) is 11.7 Å². The first-order valence-corrected chi connectivity index (χ1v) is 7.48. The monoisotopic (exact) mass is 297 g/mol. The molecular formula is C16H21F2NO2. The molecule has 1 saturated carbocycles. The summed E-state index contributed by atoms with van der Waals surface area (Å²) in [7, 11) is 0. The van der Waals surface area contributed by atoms with Crippen LogP contribution in [0.5, 0.6) is 5.75 Å². The Hall–Kier alpha value is -1.65. The third kappa shape index (κ3) is 5.69. The van der Waals surface area contributed by atoms with E-state index in [1.54, 1.807) is 12.1 Å². The zero-order valence-corrected chi connectivity index (χ0v) is 12.0. The Labute approximate surface area is 123 Å². The smallest absolute Gasteiger partial charge is 0.387 e. The van der Waals surface area contributed by atoms with Crippen molar-refractivity contribution in [2.45, 2.75) is 51.6 Å². The lowest BCUT2D eigenvalue weighted by atomic mass is 9.86. The fourth-order valence-electron chi connectivity index (χ4n) is 2.75. The van der Waals surface area contributed by atoms with E-state index < -0.39 is 6.61 Å². The summed E-state index contributed by atoms with van der Waals surface area (Å²) in [5, 5.41) is 2.78. The molecule has 1 N–H and O–H groups in total. The van der Waals surface area contributed by atoms with Crippen LogP contribution in [0.2, 0.25) is 0 Å². The van der Waals surface area contributed by atoms with Gasteiger partial charge in [-0.25, -0.2) is 0 Å². The van der Waals surface area contributed by atoms with E-state index in [0.717, 1.165) is 6.42 Å². The Bertz CT molecular complexity index is 442. The summed E-state index contributed by atoms with van der Waals surface area (Å²) >= 11 is 0. The van der Waals surface area contributed by atoms with E-state index in [1.807, 2.05) is 0 Å². The molecule has 1 amide bonds. The Morgan fingerprint density at radius 1 is 1.19 bits per heavy atom. The van der Waals surface area contributed by atoms with Gasteiger partial charge in [0.15, 0.2) is 0 Å². The van der Waals surface area contributed by atoms with Crippen molar-refractivity contribution in [2.24, 2.45) is 5.92 Å². The second kappa shape index (κ2) is 7.96. The molecule has 0 spiro atoms. The van der Waals surface area contributed by atoms with Crippen molar-refractivity contribution >= 4 is 11.6 Å². The minimum Gasteiger partial charge on any atom is -0.435 e. The van der Waals surface area contributed by atoms with E-state index in [2.05, 4.69) is 10.1 Å². The van der Waals surface area contributed by atoms with E-state index >= 15 is 0 Å². The molecule has 0 atom stereocenters. The van der Waals surface area contributed by atoms with Crippen LogP contribution < -0.4 is 10.1 Å². The molecule has 1 fully saturated rings. The maximum absolute atomic E-state index is 12.0. The molecule has 3 nitrogen and oxygen atoms in total. The number of benzene rings is 1. The number of carbonyl (C=O) groups excluding carboxylic acids is 1. The van der Waals surface area contributed by atoms with Crippen molar-refractivity contribution in [3.63, 3.8) is 0 Å². The molecule has 0 saturated heterocycles. The number of nitrogens with one attached hydrogen (secondary N) is 1. The molecule has 5 heteroatoms.